The minimum absolute atomic E-state index is 0.265. The van der Waals surface area contributed by atoms with E-state index in [1.54, 1.807) is 0 Å². The molecule has 1 aliphatic heterocycles. The first-order valence-electron chi connectivity index (χ1n) is 8.01. The molecule has 1 saturated heterocycles. The van der Waals surface area contributed by atoms with E-state index in [2.05, 4.69) is 48.0 Å². The highest BCUT2D eigenvalue weighted by Gasteiger charge is 2.31. The zero-order chi connectivity index (χ0) is 14.8. The van der Waals surface area contributed by atoms with Crippen LogP contribution in [0.4, 0.5) is 0 Å². The summed E-state index contributed by atoms with van der Waals surface area (Å²) in [7, 11) is 0. The summed E-state index contributed by atoms with van der Waals surface area (Å²) in [5.41, 5.74) is 7.44. The highest BCUT2D eigenvalue weighted by Crippen LogP contribution is 2.33. The number of nitrogens with two attached hydrogens (primary N) is 1. The zero-order valence-electron chi connectivity index (χ0n) is 13.0. The van der Waals surface area contributed by atoms with Crippen molar-refractivity contribution in [3.05, 3.63) is 42.2 Å². The van der Waals surface area contributed by atoms with Crippen LogP contribution in [0.5, 0.6) is 0 Å². The quantitative estimate of drug-likeness (QED) is 0.939. The van der Waals surface area contributed by atoms with Crippen LogP contribution in [0.3, 0.4) is 0 Å². The molecule has 21 heavy (non-hydrogen) atoms. The van der Waals surface area contributed by atoms with Crippen LogP contribution in [-0.2, 0) is 0 Å². The number of likely N-dealkylation sites (tertiary alicyclic amines) is 1. The standard InChI is InChI=1S/C18H25N3/c1-13-6-5-9-21(14(13)2)18(10-19)17-12-20-11-15-7-3-4-8-16(15)17/h3-4,7-8,11-14,18H,5-6,9-10,19H2,1-2H3. The third-order valence-electron chi connectivity index (χ3n) is 5.10. The van der Waals surface area contributed by atoms with Crippen molar-refractivity contribution in [2.75, 3.05) is 13.1 Å². The highest BCUT2D eigenvalue weighted by molar-refractivity contribution is 5.85. The first-order chi connectivity index (χ1) is 10.2. The van der Waals surface area contributed by atoms with Crippen molar-refractivity contribution in [3.8, 4) is 0 Å². The lowest BCUT2D eigenvalue weighted by atomic mass is 9.89. The van der Waals surface area contributed by atoms with Gasteiger partial charge < -0.3 is 5.73 Å². The van der Waals surface area contributed by atoms with Crippen molar-refractivity contribution < 1.29 is 0 Å². The number of pyridine rings is 1. The number of fused-ring (bicyclic) bond motifs is 1. The van der Waals surface area contributed by atoms with E-state index in [9.17, 15) is 0 Å². The molecule has 2 N–H and O–H groups in total. The smallest absolute Gasteiger partial charge is 0.0494 e. The molecule has 3 heteroatoms. The van der Waals surface area contributed by atoms with E-state index in [4.69, 9.17) is 5.73 Å². The predicted molar refractivity (Wildman–Crippen MR) is 88.1 cm³/mol. The van der Waals surface area contributed by atoms with E-state index < -0.39 is 0 Å². The lowest BCUT2D eigenvalue weighted by Crippen LogP contribution is -2.46. The van der Waals surface area contributed by atoms with Gasteiger partial charge in [-0.25, -0.2) is 0 Å². The Labute approximate surface area is 127 Å². The summed E-state index contributed by atoms with van der Waals surface area (Å²) in [6.45, 7) is 6.47. The monoisotopic (exact) mass is 283 g/mol. The Balaban J connectivity index is 2.02. The predicted octanol–water partition coefficient (Wildman–Crippen LogP) is 3.36. The zero-order valence-corrected chi connectivity index (χ0v) is 13.0. The molecule has 1 fully saturated rings. The molecule has 0 radical (unpaired) electrons. The summed E-state index contributed by atoms with van der Waals surface area (Å²) in [4.78, 5) is 7.02. The van der Waals surface area contributed by atoms with Gasteiger partial charge in [0.15, 0.2) is 0 Å². The number of piperidine rings is 1. The second-order valence-electron chi connectivity index (χ2n) is 6.30. The van der Waals surface area contributed by atoms with Crippen molar-refractivity contribution in [1.82, 2.24) is 9.88 Å². The van der Waals surface area contributed by atoms with Gasteiger partial charge in [-0.2, -0.15) is 0 Å². The normalized spacial score (nSPS) is 25.1. The summed E-state index contributed by atoms with van der Waals surface area (Å²) in [5.74, 6) is 0.732. The topological polar surface area (TPSA) is 42.1 Å². The van der Waals surface area contributed by atoms with Crippen LogP contribution in [0.2, 0.25) is 0 Å². The number of hydrogen-bond donors (Lipinski definition) is 1. The van der Waals surface area contributed by atoms with Crippen LogP contribution in [0.15, 0.2) is 36.7 Å². The van der Waals surface area contributed by atoms with Gasteiger partial charge in [-0.15, -0.1) is 0 Å². The minimum atomic E-state index is 0.265. The fourth-order valence-electron chi connectivity index (χ4n) is 3.65. The van der Waals surface area contributed by atoms with Gasteiger partial charge in [-0.05, 0) is 43.2 Å². The Bertz CT molecular complexity index is 605. The van der Waals surface area contributed by atoms with Crippen LogP contribution in [-0.4, -0.2) is 29.0 Å². The van der Waals surface area contributed by atoms with Crippen molar-refractivity contribution >= 4 is 10.8 Å². The molecule has 0 amide bonds. The molecule has 1 aromatic carbocycles. The molecule has 0 bridgehead atoms. The van der Waals surface area contributed by atoms with Crippen LogP contribution in [0, 0.1) is 5.92 Å². The highest BCUT2D eigenvalue weighted by atomic mass is 15.2. The molecule has 3 nitrogen and oxygen atoms in total. The van der Waals surface area contributed by atoms with Gasteiger partial charge in [0.05, 0.1) is 0 Å². The number of benzene rings is 1. The molecule has 2 aromatic rings. The van der Waals surface area contributed by atoms with Gasteiger partial charge in [0.1, 0.15) is 0 Å². The lowest BCUT2D eigenvalue weighted by molar-refractivity contribution is 0.0714. The van der Waals surface area contributed by atoms with Crippen molar-refractivity contribution in [3.63, 3.8) is 0 Å². The maximum atomic E-state index is 6.16. The third-order valence-corrected chi connectivity index (χ3v) is 5.10. The van der Waals surface area contributed by atoms with Gasteiger partial charge >= 0.3 is 0 Å². The van der Waals surface area contributed by atoms with E-state index in [0.29, 0.717) is 12.6 Å². The molecule has 2 heterocycles. The largest absolute Gasteiger partial charge is 0.329 e. The summed E-state index contributed by atoms with van der Waals surface area (Å²) >= 11 is 0. The van der Waals surface area contributed by atoms with Gasteiger partial charge in [0.2, 0.25) is 0 Å². The Morgan fingerprint density at radius 2 is 2.10 bits per heavy atom. The Morgan fingerprint density at radius 1 is 1.29 bits per heavy atom. The fraction of sp³-hybridized carbons (Fsp3) is 0.500. The maximum Gasteiger partial charge on any atom is 0.0494 e. The summed E-state index contributed by atoms with van der Waals surface area (Å²) in [6.07, 6.45) is 6.53. The van der Waals surface area contributed by atoms with E-state index in [1.807, 2.05) is 12.4 Å². The number of nitrogens with zero attached hydrogens (tertiary/aromatic N) is 2. The lowest BCUT2D eigenvalue weighted by Gasteiger charge is -2.43. The fourth-order valence-corrected chi connectivity index (χ4v) is 3.65. The molecular weight excluding hydrogens is 258 g/mol. The van der Waals surface area contributed by atoms with E-state index in [-0.39, 0.29) is 6.04 Å². The van der Waals surface area contributed by atoms with Crippen LogP contribution >= 0.6 is 0 Å². The molecule has 3 atom stereocenters. The second-order valence-corrected chi connectivity index (χ2v) is 6.30. The van der Waals surface area contributed by atoms with E-state index in [0.717, 1.165) is 12.5 Å². The summed E-state index contributed by atoms with van der Waals surface area (Å²) < 4.78 is 0. The first kappa shape index (κ1) is 14.5. The SMILES string of the molecule is CC1CCCN(C(CN)c2cncc3ccccc23)C1C. The first-order valence-corrected chi connectivity index (χ1v) is 8.01. The van der Waals surface area contributed by atoms with Crippen LogP contribution in [0.1, 0.15) is 38.3 Å². The van der Waals surface area contributed by atoms with E-state index in [1.165, 1.54) is 29.2 Å². The molecule has 3 unspecified atom stereocenters. The molecule has 1 aromatic heterocycles. The van der Waals surface area contributed by atoms with Gasteiger partial charge in [0, 0.05) is 36.4 Å². The van der Waals surface area contributed by atoms with Crippen molar-refractivity contribution in [2.45, 2.75) is 38.8 Å². The van der Waals surface area contributed by atoms with Crippen molar-refractivity contribution in [1.29, 1.82) is 0 Å². The number of aromatic nitrogens is 1. The van der Waals surface area contributed by atoms with Crippen molar-refractivity contribution in [2.24, 2.45) is 11.7 Å². The van der Waals surface area contributed by atoms with Gasteiger partial charge in [-0.3, -0.25) is 9.88 Å². The Kier molecular flexibility index (Phi) is 4.22. The van der Waals surface area contributed by atoms with Gasteiger partial charge in [-0.1, -0.05) is 31.2 Å². The van der Waals surface area contributed by atoms with Crippen LogP contribution < -0.4 is 5.73 Å². The van der Waals surface area contributed by atoms with E-state index >= 15 is 0 Å². The molecule has 0 aliphatic carbocycles. The third kappa shape index (κ3) is 2.68. The number of rotatable bonds is 3. The second kappa shape index (κ2) is 6.12. The maximum absolute atomic E-state index is 6.16. The Hall–Kier alpha value is -1.45. The van der Waals surface area contributed by atoms with Crippen LogP contribution in [0.25, 0.3) is 10.8 Å². The molecule has 0 saturated carbocycles. The molecular formula is C18H25N3. The molecule has 112 valence electrons. The average Bonchev–Trinajstić information content (AvgIpc) is 2.52. The Morgan fingerprint density at radius 3 is 2.90 bits per heavy atom. The summed E-state index contributed by atoms with van der Waals surface area (Å²) in [5, 5.41) is 2.49. The van der Waals surface area contributed by atoms with Gasteiger partial charge in [0.25, 0.3) is 0 Å². The minimum Gasteiger partial charge on any atom is -0.329 e. The average molecular weight is 283 g/mol. The molecule has 3 rings (SSSR count). The molecule has 1 aliphatic rings. The molecule has 0 spiro atoms. The number of hydrogen-bond acceptors (Lipinski definition) is 3. The summed E-state index contributed by atoms with van der Waals surface area (Å²) in [6, 6.07) is 9.32.